The van der Waals surface area contributed by atoms with Crippen molar-refractivity contribution >= 4 is 0 Å². The minimum absolute atomic E-state index is 0.769. The molecule has 1 aliphatic rings. The van der Waals surface area contributed by atoms with Gasteiger partial charge in [-0.15, -0.1) is 0 Å². The highest BCUT2D eigenvalue weighted by molar-refractivity contribution is 4.82. The highest BCUT2D eigenvalue weighted by atomic mass is 15.2. The second-order valence-electron chi connectivity index (χ2n) is 5.19. The number of hydrogen-bond donors (Lipinski definition) is 1. The first kappa shape index (κ1) is 14.0. The van der Waals surface area contributed by atoms with Crippen molar-refractivity contribution in [3.63, 3.8) is 0 Å². The minimum atomic E-state index is 0.769. The zero-order valence-corrected chi connectivity index (χ0v) is 11.5. The molecule has 0 aromatic carbocycles. The lowest BCUT2D eigenvalue weighted by molar-refractivity contribution is 0.174. The molecule has 96 valence electrons. The fraction of sp³-hybridized carbons (Fsp3) is 1.00. The molecule has 0 aliphatic heterocycles. The molecular formula is C14H30N2. The molecule has 1 N–H and O–H groups in total. The van der Waals surface area contributed by atoms with Crippen molar-refractivity contribution < 1.29 is 0 Å². The van der Waals surface area contributed by atoms with E-state index in [1.54, 1.807) is 0 Å². The predicted octanol–water partition coefficient (Wildman–Crippen LogP) is 2.89. The van der Waals surface area contributed by atoms with Gasteiger partial charge in [-0.3, -0.25) is 4.90 Å². The Labute approximate surface area is 102 Å². The van der Waals surface area contributed by atoms with E-state index in [0.29, 0.717) is 0 Å². The molecule has 0 saturated heterocycles. The Kier molecular flexibility index (Phi) is 7.06. The van der Waals surface area contributed by atoms with Gasteiger partial charge in [-0.05, 0) is 44.7 Å². The highest BCUT2D eigenvalue weighted by Gasteiger charge is 2.27. The van der Waals surface area contributed by atoms with Crippen LogP contribution in [0.25, 0.3) is 0 Å². The summed E-state index contributed by atoms with van der Waals surface area (Å²) in [5.41, 5.74) is 0. The van der Waals surface area contributed by atoms with Gasteiger partial charge in [-0.25, -0.2) is 0 Å². The van der Waals surface area contributed by atoms with E-state index in [4.69, 9.17) is 0 Å². The third kappa shape index (κ3) is 5.31. The molecule has 1 fully saturated rings. The van der Waals surface area contributed by atoms with Crippen LogP contribution < -0.4 is 5.32 Å². The van der Waals surface area contributed by atoms with Crippen molar-refractivity contribution in [2.45, 2.75) is 58.9 Å². The third-order valence-electron chi connectivity index (χ3n) is 3.47. The van der Waals surface area contributed by atoms with E-state index in [0.717, 1.165) is 18.5 Å². The summed E-state index contributed by atoms with van der Waals surface area (Å²) in [6, 6.07) is 0.769. The van der Waals surface area contributed by atoms with Crippen LogP contribution in [0.15, 0.2) is 0 Å². The molecule has 2 heteroatoms. The van der Waals surface area contributed by atoms with Crippen LogP contribution in [0.5, 0.6) is 0 Å². The Morgan fingerprint density at radius 1 is 1.19 bits per heavy atom. The largest absolute Gasteiger partial charge is 0.315 e. The molecule has 1 saturated carbocycles. The van der Waals surface area contributed by atoms with E-state index in [-0.39, 0.29) is 0 Å². The van der Waals surface area contributed by atoms with E-state index in [2.05, 4.69) is 31.0 Å². The molecular weight excluding hydrogens is 196 g/mol. The van der Waals surface area contributed by atoms with Gasteiger partial charge in [0.1, 0.15) is 0 Å². The third-order valence-corrected chi connectivity index (χ3v) is 3.47. The quantitative estimate of drug-likeness (QED) is 0.616. The first-order chi connectivity index (χ1) is 7.81. The lowest BCUT2D eigenvalue weighted by Crippen LogP contribution is -2.43. The molecule has 2 nitrogen and oxygen atoms in total. The van der Waals surface area contributed by atoms with Gasteiger partial charge in [0.15, 0.2) is 0 Å². The van der Waals surface area contributed by atoms with Crippen LogP contribution in [-0.2, 0) is 0 Å². The Morgan fingerprint density at radius 3 is 2.44 bits per heavy atom. The molecule has 0 spiro atoms. The first-order valence-corrected chi connectivity index (χ1v) is 7.26. The van der Waals surface area contributed by atoms with Gasteiger partial charge in [0.25, 0.3) is 0 Å². The molecule has 1 aliphatic carbocycles. The van der Waals surface area contributed by atoms with Gasteiger partial charge < -0.3 is 5.32 Å². The van der Waals surface area contributed by atoms with Crippen molar-refractivity contribution in [2.24, 2.45) is 5.92 Å². The second kappa shape index (κ2) is 8.08. The predicted molar refractivity (Wildman–Crippen MR) is 71.8 cm³/mol. The number of rotatable bonds is 10. The van der Waals surface area contributed by atoms with Crippen molar-refractivity contribution in [1.29, 1.82) is 0 Å². The number of likely N-dealkylation sites (N-methyl/N-ethyl adjacent to an activating group) is 1. The second-order valence-corrected chi connectivity index (χ2v) is 5.19. The lowest BCUT2D eigenvalue weighted by atomic mass is 10.1. The topological polar surface area (TPSA) is 15.3 Å². The molecule has 1 unspecified atom stereocenters. The fourth-order valence-electron chi connectivity index (χ4n) is 2.40. The van der Waals surface area contributed by atoms with E-state index in [1.807, 2.05) is 0 Å². The van der Waals surface area contributed by atoms with E-state index >= 15 is 0 Å². The van der Waals surface area contributed by atoms with Gasteiger partial charge in [-0.2, -0.15) is 0 Å². The summed E-state index contributed by atoms with van der Waals surface area (Å²) in [4.78, 5) is 2.74. The molecule has 1 atom stereocenters. The average Bonchev–Trinajstić information content (AvgIpc) is 3.07. The van der Waals surface area contributed by atoms with Crippen molar-refractivity contribution in [1.82, 2.24) is 10.2 Å². The Bertz CT molecular complexity index is 166. The zero-order valence-electron chi connectivity index (χ0n) is 11.5. The van der Waals surface area contributed by atoms with Gasteiger partial charge in [0.2, 0.25) is 0 Å². The fourth-order valence-corrected chi connectivity index (χ4v) is 2.40. The molecule has 0 aromatic rings. The van der Waals surface area contributed by atoms with Crippen LogP contribution in [0.1, 0.15) is 52.9 Å². The Balaban J connectivity index is 2.38. The average molecular weight is 226 g/mol. The maximum Gasteiger partial charge on any atom is 0.0220 e. The zero-order chi connectivity index (χ0) is 11.8. The standard InChI is InChI=1S/C14H30N2/c1-4-7-14(11-15-6-3)16(10-5-2)12-13-8-9-13/h13-15H,4-12H2,1-3H3. The van der Waals surface area contributed by atoms with Crippen LogP contribution in [0.2, 0.25) is 0 Å². The van der Waals surface area contributed by atoms with Crippen LogP contribution in [0.3, 0.4) is 0 Å². The molecule has 0 bridgehead atoms. The maximum absolute atomic E-state index is 3.52. The first-order valence-electron chi connectivity index (χ1n) is 7.26. The van der Waals surface area contributed by atoms with Crippen molar-refractivity contribution in [2.75, 3.05) is 26.2 Å². The molecule has 0 amide bonds. The molecule has 0 aromatic heterocycles. The van der Waals surface area contributed by atoms with E-state index in [9.17, 15) is 0 Å². The number of nitrogens with zero attached hydrogens (tertiary/aromatic N) is 1. The molecule has 1 rings (SSSR count). The van der Waals surface area contributed by atoms with E-state index < -0.39 is 0 Å². The summed E-state index contributed by atoms with van der Waals surface area (Å²) < 4.78 is 0. The summed E-state index contributed by atoms with van der Waals surface area (Å²) in [7, 11) is 0. The monoisotopic (exact) mass is 226 g/mol. The number of nitrogens with one attached hydrogen (secondary N) is 1. The summed E-state index contributed by atoms with van der Waals surface area (Å²) >= 11 is 0. The molecule has 0 heterocycles. The minimum Gasteiger partial charge on any atom is -0.315 e. The molecule has 0 radical (unpaired) electrons. The number of hydrogen-bond acceptors (Lipinski definition) is 2. The van der Waals surface area contributed by atoms with Crippen LogP contribution in [-0.4, -0.2) is 37.1 Å². The van der Waals surface area contributed by atoms with Gasteiger partial charge in [0, 0.05) is 19.1 Å². The summed E-state index contributed by atoms with van der Waals surface area (Å²) in [5.74, 6) is 1.02. The van der Waals surface area contributed by atoms with Gasteiger partial charge >= 0.3 is 0 Å². The Morgan fingerprint density at radius 2 is 1.94 bits per heavy atom. The van der Waals surface area contributed by atoms with Gasteiger partial charge in [-0.1, -0.05) is 27.2 Å². The maximum atomic E-state index is 3.52. The Hall–Kier alpha value is -0.0800. The van der Waals surface area contributed by atoms with Crippen LogP contribution in [0, 0.1) is 5.92 Å². The van der Waals surface area contributed by atoms with Gasteiger partial charge in [0.05, 0.1) is 0 Å². The summed E-state index contributed by atoms with van der Waals surface area (Å²) in [5, 5.41) is 3.52. The SMILES string of the molecule is CCCC(CNCC)N(CCC)CC1CC1. The lowest BCUT2D eigenvalue weighted by Gasteiger charge is -2.31. The van der Waals surface area contributed by atoms with Crippen molar-refractivity contribution in [3.05, 3.63) is 0 Å². The normalized spacial score (nSPS) is 18.0. The van der Waals surface area contributed by atoms with Crippen molar-refractivity contribution in [3.8, 4) is 0 Å². The molecule has 16 heavy (non-hydrogen) atoms. The van der Waals surface area contributed by atoms with Crippen LogP contribution in [0.4, 0.5) is 0 Å². The van der Waals surface area contributed by atoms with E-state index in [1.165, 1.54) is 51.7 Å². The smallest absolute Gasteiger partial charge is 0.0220 e. The van der Waals surface area contributed by atoms with Crippen LogP contribution >= 0.6 is 0 Å². The summed E-state index contributed by atoms with van der Waals surface area (Å²) in [6.45, 7) is 11.7. The summed E-state index contributed by atoms with van der Waals surface area (Å²) in [6.07, 6.45) is 6.89. The highest BCUT2D eigenvalue weighted by Crippen LogP contribution is 2.30.